The fraction of sp³-hybridized carbons (Fsp3) is 0.281. The number of anilines is 1. The number of nitrogens with two attached hydrogens (primary N) is 2. The maximum atomic E-state index is 14.1. The molecule has 0 aliphatic carbocycles. The Bertz CT molecular complexity index is 2030. The number of carbonyl (C=O) groups is 7. The van der Waals surface area contributed by atoms with Crippen molar-refractivity contribution in [3.63, 3.8) is 0 Å². The molecule has 2 aliphatic heterocycles. The maximum absolute atomic E-state index is 14.1. The van der Waals surface area contributed by atoms with E-state index in [1.54, 1.807) is 17.5 Å². The number of nitrogens with one attached hydrogen (secondary N) is 1. The van der Waals surface area contributed by atoms with Gasteiger partial charge < -0.3 is 26.3 Å². The summed E-state index contributed by atoms with van der Waals surface area (Å²) in [5.41, 5.74) is 10.6. The highest BCUT2D eigenvalue weighted by Gasteiger charge is 2.59. The van der Waals surface area contributed by atoms with Crippen LogP contribution < -0.4 is 21.9 Å². The summed E-state index contributed by atoms with van der Waals surface area (Å²) in [5.74, 6) is -6.47. The number of aromatic amines is 1. The van der Waals surface area contributed by atoms with Crippen LogP contribution in [0.15, 0.2) is 64.0 Å². The van der Waals surface area contributed by atoms with Gasteiger partial charge in [0.2, 0.25) is 11.8 Å². The summed E-state index contributed by atoms with van der Waals surface area (Å²) in [5, 5.41) is 10.6. The molecule has 6 N–H and O–H groups in total. The minimum Gasteiger partial charge on any atom is -0.477 e. The molecule has 2 unspecified atom stereocenters. The van der Waals surface area contributed by atoms with Gasteiger partial charge in [-0.3, -0.25) is 43.4 Å². The average Bonchev–Trinajstić information content (AvgIpc) is 3.63. The molecule has 51 heavy (non-hydrogen) atoms. The number of thioether (sulfide) groups is 1. The minimum atomic E-state index is -1.54. The fourth-order valence-electron chi connectivity index (χ4n) is 5.43. The highest BCUT2D eigenvalue weighted by atomic mass is 32.2. The van der Waals surface area contributed by atoms with Crippen molar-refractivity contribution in [1.29, 1.82) is 0 Å². The second kappa shape index (κ2) is 14.8. The third kappa shape index (κ3) is 7.09. The number of amides is 5. The zero-order valence-electron chi connectivity index (χ0n) is 27.2. The Morgan fingerprint density at radius 3 is 2.31 bits per heavy atom. The Balaban J connectivity index is 1.48. The number of carboxylic acids is 1. The molecule has 1 saturated heterocycles. The number of β-lactam (4-membered cyclic amide) rings is 1. The molecule has 2 aromatic heterocycles. The van der Waals surface area contributed by atoms with Gasteiger partial charge >= 0.3 is 11.9 Å². The van der Waals surface area contributed by atoms with Gasteiger partial charge in [-0.2, -0.15) is 0 Å². The number of imide groups is 2. The lowest BCUT2D eigenvalue weighted by Crippen LogP contribution is -2.73. The van der Waals surface area contributed by atoms with Gasteiger partial charge in [0.1, 0.15) is 41.1 Å². The van der Waals surface area contributed by atoms with Crippen molar-refractivity contribution < 1.29 is 43.4 Å². The van der Waals surface area contributed by atoms with Crippen molar-refractivity contribution in [2.75, 3.05) is 17.3 Å². The van der Waals surface area contributed by atoms with Crippen molar-refractivity contribution in [2.24, 2.45) is 11.5 Å². The summed E-state index contributed by atoms with van der Waals surface area (Å²) in [6.45, 7) is 3.41. The smallest absolute Gasteiger partial charge is 0.352 e. The number of hydrogen-bond donors (Lipinski definition) is 4. The molecule has 0 spiro atoms. The molecule has 17 nitrogen and oxygen atoms in total. The lowest BCUT2D eigenvalue weighted by atomic mass is 9.99. The number of rotatable bonds is 10. The van der Waals surface area contributed by atoms with Crippen LogP contribution in [-0.2, 0) is 33.5 Å². The van der Waals surface area contributed by atoms with Crippen LogP contribution in [0.25, 0.3) is 11.4 Å². The van der Waals surface area contributed by atoms with E-state index < -0.39 is 81.8 Å². The predicted octanol–water partition coefficient (Wildman–Crippen LogP) is 0.579. The van der Waals surface area contributed by atoms with Crippen LogP contribution in [-0.4, -0.2) is 96.2 Å². The first-order valence-corrected chi connectivity index (χ1v) is 17.1. The first-order valence-electron chi connectivity index (χ1n) is 15.1. The van der Waals surface area contributed by atoms with E-state index in [4.69, 9.17) is 16.2 Å². The standard InChI is InChI=1S/C32H31N7O10S2/c1-14(33)27(43)37(15(2)40)19-8-6-17(7-9-19)25-35-11-20(26(42)36-25)28(44)38(29(45)22(34)21-5-4-10-50-21)24-30(46)39-23(32(47)48)18(12-49-16(3)41)13-51-31(24)39/h4-11,14,22,24,31H,12-13,33-34H2,1-3H3,(H,47,48)(H,35,36,42)/t14-,22?,24?,31+/m1/s1. The van der Waals surface area contributed by atoms with Crippen LogP contribution in [0.4, 0.5) is 5.69 Å². The zero-order valence-corrected chi connectivity index (χ0v) is 28.9. The third-order valence-corrected chi connectivity index (χ3v) is 10.2. The summed E-state index contributed by atoms with van der Waals surface area (Å²) in [4.78, 5) is 113. The largest absolute Gasteiger partial charge is 0.477 e. The number of H-pyrrole nitrogens is 1. The Morgan fingerprint density at radius 1 is 1.08 bits per heavy atom. The van der Waals surface area contributed by atoms with Gasteiger partial charge in [0.15, 0.2) is 0 Å². The molecule has 19 heteroatoms. The van der Waals surface area contributed by atoms with E-state index in [0.717, 1.165) is 46.0 Å². The molecular formula is C32H31N7O10S2. The van der Waals surface area contributed by atoms with Crippen LogP contribution >= 0.6 is 23.1 Å². The van der Waals surface area contributed by atoms with Crippen molar-refractivity contribution in [1.82, 2.24) is 19.8 Å². The van der Waals surface area contributed by atoms with Crippen LogP contribution in [0.3, 0.4) is 0 Å². The highest BCUT2D eigenvalue weighted by Crippen LogP contribution is 2.43. The number of aliphatic carboxylic acids is 1. The number of carbonyl (C=O) groups excluding carboxylic acids is 6. The molecule has 1 fully saturated rings. The van der Waals surface area contributed by atoms with Crippen LogP contribution in [0.2, 0.25) is 0 Å². The second-order valence-electron chi connectivity index (χ2n) is 11.4. The zero-order chi connectivity index (χ0) is 37.3. The summed E-state index contributed by atoms with van der Waals surface area (Å²) in [7, 11) is 0. The average molecular weight is 738 g/mol. The SMILES string of the molecule is CC(=O)OCC1=C(C(=O)O)N2C(=O)C(N(C(=O)c3cnc(-c4ccc(N(C(C)=O)C(=O)[C@@H](C)N)cc4)[nH]c3=O)C(=O)C(N)c3cccs3)[C@@H]2SC1. The molecule has 5 rings (SSSR count). The number of hydrogen-bond acceptors (Lipinski definition) is 14. The van der Waals surface area contributed by atoms with E-state index in [-0.39, 0.29) is 29.4 Å². The van der Waals surface area contributed by atoms with E-state index >= 15 is 0 Å². The van der Waals surface area contributed by atoms with E-state index in [1.165, 1.54) is 38.1 Å². The molecule has 0 radical (unpaired) electrons. The molecule has 4 atom stereocenters. The molecule has 1 aromatic carbocycles. The molecule has 5 amide bonds. The second-order valence-corrected chi connectivity index (χ2v) is 13.5. The minimum absolute atomic E-state index is 0.00515. The van der Waals surface area contributed by atoms with Gasteiger partial charge in [-0.05, 0) is 42.6 Å². The van der Waals surface area contributed by atoms with E-state index in [0.29, 0.717) is 15.3 Å². The Kier molecular flexibility index (Phi) is 10.7. The molecule has 3 aromatic rings. The highest BCUT2D eigenvalue weighted by molar-refractivity contribution is 8.00. The quantitative estimate of drug-likeness (QED) is 0.164. The van der Waals surface area contributed by atoms with Gasteiger partial charge in [-0.1, -0.05) is 6.07 Å². The van der Waals surface area contributed by atoms with Crippen molar-refractivity contribution >= 4 is 70.3 Å². The van der Waals surface area contributed by atoms with E-state index in [1.807, 2.05) is 0 Å². The van der Waals surface area contributed by atoms with Crippen molar-refractivity contribution in [3.8, 4) is 11.4 Å². The summed E-state index contributed by atoms with van der Waals surface area (Å²) in [6, 6.07) is 5.12. The number of ether oxygens (including phenoxy) is 1. The molecular weight excluding hydrogens is 707 g/mol. The van der Waals surface area contributed by atoms with Gasteiger partial charge in [-0.25, -0.2) is 14.7 Å². The summed E-state index contributed by atoms with van der Waals surface area (Å²) >= 11 is 2.17. The predicted molar refractivity (Wildman–Crippen MR) is 183 cm³/mol. The monoisotopic (exact) mass is 737 g/mol. The van der Waals surface area contributed by atoms with Crippen LogP contribution in [0.1, 0.15) is 42.0 Å². The van der Waals surface area contributed by atoms with E-state index in [9.17, 15) is 43.5 Å². The number of nitrogens with zero attached hydrogens (tertiary/aromatic N) is 4. The molecule has 266 valence electrons. The Labute approximate surface area is 297 Å². The molecule has 0 saturated carbocycles. The number of esters is 1. The molecule has 2 aliphatic rings. The Hall–Kier alpha value is -5.50. The van der Waals surface area contributed by atoms with Crippen LogP contribution in [0, 0.1) is 0 Å². The summed E-state index contributed by atoms with van der Waals surface area (Å²) in [6.07, 6.45) is 0.928. The topological polar surface area (TPSA) is 256 Å². The maximum Gasteiger partial charge on any atom is 0.352 e. The van der Waals surface area contributed by atoms with E-state index in [2.05, 4.69) is 9.97 Å². The van der Waals surface area contributed by atoms with Crippen molar-refractivity contribution in [3.05, 3.63) is 80.0 Å². The number of aromatic nitrogens is 2. The van der Waals surface area contributed by atoms with Crippen molar-refractivity contribution in [2.45, 2.75) is 44.3 Å². The molecule has 0 bridgehead atoms. The number of fused-ring (bicyclic) bond motifs is 1. The molecule has 4 heterocycles. The van der Waals surface area contributed by atoms with Gasteiger partial charge in [-0.15, -0.1) is 23.1 Å². The van der Waals surface area contributed by atoms with Gasteiger partial charge in [0.25, 0.3) is 23.3 Å². The number of thiophene rings is 1. The lowest BCUT2D eigenvalue weighted by molar-refractivity contribution is -0.157. The van der Waals surface area contributed by atoms with Crippen LogP contribution in [0.5, 0.6) is 0 Å². The first-order chi connectivity index (χ1) is 24.1. The fourth-order valence-corrected chi connectivity index (χ4v) is 7.52. The number of benzene rings is 1. The lowest BCUT2D eigenvalue weighted by Gasteiger charge is -2.52. The third-order valence-electron chi connectivity index (χ3n) is 7.88. The first kappa shape index (κ1) is 36.8. The van der Waals surface area contributed by atoms with Gasteiger partial charge in [0.05, 0.1) is 11.7 Å². The normalized spacial score (nSPS) is 17.8. The number of carboxylic acid groups (broad SMARTS) is 1. The summed E-state index contributed by atoms with van der Waals surface area (Å²) < 4.78 is 4.96. The Morgan fingerprint density at radius 2 is 1.76 bits per heavy atom. The van der Waals surface area contributed by atoms with Gasteiger partial charge in [0, 0.05) is 41.8 Å².